The highest BCUT2D eigenvalue weighted by Gasteiger charge is 2.22. The van der Waals surface area contributed by atoms with Gasteiger partial charge in [0.1, 0.15) is 6.04 Å². The van der Waals surface area contributed by atoms with Crippen LogP contribution in [0.25, 0.3) is 16.6 Å². The maximum atomic E-state index is 13.1. The van der Waals surface area contributed by atoms with Gasteiger partial charge in [-0.2, -0.15) is 4.98 Å². The minimum absolute atomic E-state index is 0.134. The van der Waals surface area contributed by atoms with Gasteiger partial charge in [0.25, 0.3) is 5.56 Å². The number of aryl methyl sites for hydroxylation is 3. The zero-order valence-corrected chi connectivity index (χ0v) is 16.4. The van der Waals surface area contributed by atoms with Crippen molar-refractivity contribution in [3.05, 3.63) is 75.7 Å². The molecule has 0 bridgehead atoms. The average molecular weight is 374 g/mol. The Morgan fingerprint density at radius 1 is 1.04 bits per heavy atom. The molecule has 0 saturated carbocycles. The van der Waals surface area contributed by atoms with E-state index in [1.807, 2.05) is 73.3 Å². The Bertz CT molecular complexity index is 1260. The number of aromatic nitrogens is 3. The molecule has 0 saturated heterocycles. The summed E-state index contributed by atoms with van der Waals surface area (Å²) in [6.45, 7) is 7.70. The lowest BCUT2D eigenvalue weighted by Crippen LogP contribution is -2.27. The molecule has 6 heteroatoms. The number of benzene rings is 2. The fourth-order valence-electron chi connectivity index (χ4n) is 3.79. The average Bonchev–Trinajstić information content (AvgIpc) is 2.95. The largest absolute Gasteiger partial charge is 0.324 e. The van der Waals surface area contributed by atoms with E-state index >= 15 is 0 Å². The summed E-state index contributed by atoms with van der Waals surface area (Å²) in [5.41, 5.74) is 4.83. The van der Waals surface area contributed by atoms with E-state index in [0.717, 1.165) is 33.4 Å². The smallest absolute Gasteiger partial charge is 0.273 e. The number of fused-ring (bicyclic) bond motifs is 3. The molecule has 2 heterocycles. The van der Waals surface area contributed by atoms with Gasteiger partial charge in [-0.05, 0) is 63.1 Å². The van der Waals surface area contributed by atoms with Crippen molar-refractivity contribution < 1.29 is 4.79 Å². The Kier molecular flexibility index (Phi) is 4.26. The number of hydrogen-bond donors (Lipinski definition) is 1. The number of para-hydroxylation sites is 1. The molecule has 1 amide bonds. The molecular weight excluding hydrogens is 352 g/mol. The van der Waals surface area contributed by atoms with Crippen LogP contribution in [0.4, 0.5) is 5.69 Å². The number of anilines is 1. The Hall–Kier alpha value is -3.41. The highest BCUT2D eigenvalue weighted by atomic mass is 16.2. The van der Waals surface area contributed by atoms with Crippen LogP contribution >= 0.6 is 0 Å². The fourth-order valence-corrected chi connectivity index (χ4v) is 3.79. The fraction of sp³-hybridized carbons (Fsp3) is 0.227. The lowest BCUT2D eigenvalue weighted by Gasteiger charge is -2.18. The van der Waals surface area contributed by atoms with Crippen LogP contribution in [0.3, 0.4) is 0 Å². The highest BCUT2D eigenvalue weighted by Crippen LogP contribution is 2.26. The molecule has 1 atom stereocenters. The van der Waals surface area contributed by atoms with E-state index < -0.39 is 6.04 Å². The van der Waals surface area contributed by atoms with Gasteiger partial charge in [0, 0.05) is 22.8 Å². The SMILES string of the molecule is Cc1cc(C)cc(NC(=O)C(C)n2c3ccccc3c3nc(=O)cc(C)n32)c1. The van der Waals surface area contributed by atoms with E-state index in [1.165, 1.54) is 6.07 Å². The van der Waals surface area contributed by atoms with Crippen LogP contribution in [0.2, 0.25) is 0 Å². The third-order valence-electron chi connectivity index (χ3n) is 4.93. The highest BCUT2D eigenvalue weighted by molar-refractivity contribution is 5.97. The summed E-state index contributed by atoms with van der Waals surface area (Å²) in [6, 6.07) is 14.6. The number of nitrogens with one attached hydrogen (secondary N) is 1. The minimum Gasteiger partial charge on any atom is -0.324 e. The normalized spacial score (nSPS) is 12.4. The van der Waals surface area contributed by atoms with Gasteiger partial charge < -0.3 is 5.32 Å². The van der Waals surface area contributed by atoms with Gasteiger partial charge in [-0.3, -0.25) is 14.3 Å². The summed E-state index contributed by atoms with van der Waals surface area (Å²) in [5, 5.41) is 3.86. The Balaban J connectivity index is 1.85. The van der Waals surface area contributed by atoms with Gasteiger partial charge in [0.15, 0.2) is 5.65 Å². The molecule has 0 spiro atoms. The summed E-state index contributed by atoms with van der Waals surface area (Å²) < 4.78 is 3.74. The topological polar surface area (TPSA) is 68.4 Å². The Morgan fingerprint density at radius 3 is 2.43 bits per heavy atom. The minimum atomic E-state index is -0.508. The summed E-state index contributed by atoms with van der Waals surface area (Å²) in [4.78, 5) is 29.2. The van der Waals surface area contributed by atoms with Crippen LogP contribution in [0.5, 0.6) is 0 Å². The van der Waals surface area contributed by atoms with Gasteiger partial charge in [0.2, 0.25) is 5.91 Å². The predicted molar refractivity (Wildman–Crippen MR) is 111 cm³/mol. The second kappa shape index (κ2) is 6.64. The van der Waals surface area contributed by atoms with E-state index in [9.17, 15) is 9.59 Å². The number of nitrogens with zero attached hydrogens (tertiary/aromatic N) is 3. The molecule has 4 aromatic rings. The van der Waals surface area contributed by atoms with Crippen LogP contribution < -0.4 is 10.9 Å². The predicted octanol–water partition coefficient (Wildman–Crippen LogP) is 3.77. The summed E-state index contributed by atoms with van der Waals surface area (Å²) >= 11 is 0. The Morgan fingerprint density at radius 2 is 1.71 bits per heavy atom. The molecule has 28 heavy (non-hydrogen) atoms. The number of carbonyl (C=O) groups is 1. The number of hydrogen-bond acceptors (Lipinski definition) is 3. The lowest BCUT2D eigenvalue weighted by atomic mass is 10.1. The van der Waals surface area contributed by atoms with Crippen molar-refractivity contribution in [2.24, 2.45) is 0 Å². The molecular formula is C22H22N4O2. The van der Waals surface area contributed by atoms with E-state index in [2.05, 4.69) is 16.4 Å². The summed E-state index contributed by atoms with van der Waals surface area (Å²) in [7, 11) is 0. The molecule has 6 nitrogen and oxygen atoms in total. The number of amides is 1. The van der Waals surface area contributed by atoms with E-state index in [4.69, 9.17) is 0 Å². The van der Waals surface area contributed by atoms with Gasteiger partial charge >= 0.3 is 0 Å². The van der Waals surface area contributed by atoms with Crippen molar-refractivity contribution in [1.82, 2.24) is 14.2 Å². The van der Waals surface area contributed by atoms with Crippen molar-refractivity contribution in [3.63, 3.8) is 0 Å². The van der Waals surface area contributed by atoms with Gasteiger partial charge in [-0.25, -0.2) is 4.52 Å². The first kappa shape index (κ1) is 18.0. The van der Waals surface area contributed by atoms with E-state index in [0.29, 0.717) is 5.65 Å². The Labute approximate surface area is 162 Å². The van der Waals surface area contributed by atoms with Gasteiger partial charge in [-0.1, -0.05) is 18.2 Å². The molecule has 0 aliphatic heterocycles. The van der Waals surface area contributed by atoms with E-state index in [-0.39, 0.29) is 11.5 Å². The molecule has 0 aliphatic rings. The zero-order valence-electron chi connectivity index (χ0n) is 16.4. The molecule has 4 rings (SSSR count). The van der Waals surface area contributed by atoms with Crippen molar-refractivity contribution in [1.29, 1.82) is 0 Å². The van der Waals surface area contributed by atoms with Crippen molar-refractivity contribution >= 4 is 28.1 Å². The van der Waals surface area contributed by atoms with E-state index in [1.54, 1.807) is 0 Å². The first-order valence-electron chi connectivity index (χ1n) is 9.24. The third kappa shape index (κ3) is 2.97. The van der Waals surface area contributed by atoms with Crippen molar-refractivity contribution in [2.75, 3.05) is 5.32 Å². The zero-order chi connectivity index (χ0) is 20.0. The molecule has 1 N–H and O–H groups in total. The molecule has 0 radical (unpaired) electrons. The van der Waals surface area contributed by atoms with Crippen LogP contribution in [0.1, 0.15) is 29.8 Å². The van der Waals surface area contributed by atoms with Crippen molar-refractivity contribution in [2.45, 2.75) is 33.7 Å². The van der Waals surface area contributed by atoms with Crippen LogP contribution in [0.15, 0.2) is 53.3 Å². The third-order valence-corrected chi connectivity index (χ3v) is 4.93. The lowest BCUT2D eigenvalue weighted by molar-refractivity contribution is -0.119. The van der Waals surface area contributed by atoms with Crippen LogP contribution in [0, 0.1) is 20.8 Å². The molecule has 2 aromatic heterocycles. The standard InChI is InChI=1S/C22H22N4O2/c1-13-9-14(2)11-17(10-13)23-22(28)16(4)26-19-8-6-5-7-18(19)21-24-20(27)12-15(3)25(21)26/h5-12,16H,1-4H3,(H,23,28). The maximum absolute atomic E-state index is 13.1. The van der Waals surface area contributed by atoms with Gasteiger partial charge in [0.05, 0.1) is 5.52 Å². The monoisotopic (exact) mass is 374 g/mol. The van der Waals surface area contributed by atoms with Gasteiger partial charge in [-0.15, -0.1) is 0 Å². The first-order valence-corrected chi connectivity index (χ1v) is 9.24. The second-order valence-corrected chi connectivity index (χ2v) is 7.27. The molecule has 142 valence electrons. The van der Waals surface area contributed by atoms with Crippen molar-refractivity contribution in [3.8, 4) is 0 Å². The summed E-state index contributed by atoms with van der Waals surface area (Å²) in [6.07, 6.45) is 0. The number of carbonyl (C=O) groups excluding carboxylic acids is 1. The summed E-state index contributed by atoms with van der Waals surface area (Å²) in [5.74, 6) is -0.134. The molecule has 0 aliphatic carbocycles. The van der Waals surface area contributed by atoms with Crippen LogP contribution in [-0.2, 0) is 4.79 Å². The molecule has 1 unspecified atom stereocenters. The molecule has 2 aromatic carbocycles. The maximum Gasteiger partial charge on any atom is 0.273 e. The molecule has 0 fully saturated rings. The second-order valence-electron chi connectivity index (χ2n) is 7.27. The quantitative estimate of drug-likeness (QED) is 0.593. The first-order chi connectivity index (χ1) is 13.3. The number of rotatable bonds is 3. The van der Waals surface area contributed by atoms with Crippen LogP contribution in [-0.4, -0.2) is 20.1 Å².